The van der Waals surface area contributed by atoms with Crippen molar-refractivity contribution in [1.29, 1.82) is 0 Å². The second-order valence-electron chi connectivity index (χ2n) is 6.16. The van der Waals surface area contributed by atoms with Gasteiger partial charge in [0.05, 0.1) is 18.6 Å². The van der Waals surface area contributed by atoms with Crippen LogP contribution in [0.1, 0.15) is 55.4 Å². The Bertz CT molecular complexity index is 355. The van der Waals surface area contributed by atoms with Gasteiger partial charge in [-0.25, -0.2) is 8.68 Å². The molecule has 7 heteroatoms. The Balaban J connectivity index is 0. The fraction of sp³-hybridized carbons (Fsp3) is 0.923. The van der Waals surface area contributed by atoms with E-state index in [-0.39, 0.29) is 16.0 Å². The van der Waals surface area contributed by atoms with Crippen LogP contribution in [0.2, 0.25) is 0 Å². The summed E-state index contributed by atoms with van der Waals surface area (Å²) in [5, 5.41) is 0. The Morgan fingerprint density at radius 2 is 1.50 bits per heavy atom. The van der Waals surface area contributed by atoms with Gasteiger partial charge in [-0.2, -0.15) is 8.42 Å². The maximum atomic E-state index is 11.1. The van der Waals surface area contributed by atoms with Crippen molar-refractivity contribution in [3.8, 4) is 0 Å². The smallest absolute Gasteiger partial charge is 0.405 e. The van der Waals surface area contributed by atoms with E-state index in [1.807, 2.05) is 34.6 Å². The number of nitrogens with two attached hydrogens (primary N) is 1. The normalized spacial score (nSPS) is 12.3. The molecule has 0 bridgehead atoms. The van der Waals surface area contributed by atoms with Crippen molar-refractivity contribution in [2.24, 2.45) is 5.73 Å². The fourth-order valence-electron chi connectivity index (χ4n) is 2.12. The van der Waals surface area contributed by atoms with Crippen LogP contribution in [0.5, 0.6) is 0 Å². The van der Waals surface area contributed by atoms with Crippen LogP contribution in [-0.2, 0) is 15.6 Å². The summed E-state index contributed by atoms with van der Waals surface area (Å²) in [6.45, 7) is 15.7. The molecule has 0 aromatic carbocycles. The summed E-state index contributed by atoms with van der Waals surface area (Å²) >= 11 is 0. The van der Waals surface area contributed by atoms with Gasteiger partial charge in [0.15, 0.2) is 0 Å². The maximum absolute atomic E-state index is 11.1. The van der Waals surface area contributed by atoms with Gasteiger partial charge in [-0.1, -0.05) is 0 Å². The van der Waals surface area contributed by atoms with E-state index in [1.54, 1.807) is 20.8 Å². The Kier molecular flexibility index (Phi) is 9.09. The molecular formula is C13H31N2O4S+. The van der Waals surface area contributed by atoms with Gasteiger partial charge in [-0.15, -0.1) is 0 Å². The zero-order valence-electron chi connectivity index (χ0n) is 14.0. The maximum Gasteiger partial charge on any atom is 0.405 e. The number of quaternary nitrogens is 1. The van der Waals surface area contributed by atoms with E-state index in [2.05, 4.69) is 4.74 Å². The number of nitrogens with zero attached hydrogens (tertiary/aromatic N) is 1. The second-order valence-corrected chi connectivity index (χ2v) is 7.38. The van der Waals surface area contributed by atoms with Crippen molar-refractivity contribution in [2.45, 2.75) is 73.1 Å². The number of amides is 1. The minimum absolute atomic E-state index is 0.135. The van der Waals surface area contributed by atoms with Gasteiger partial charge < -0.3 is 10.5 Å². The first-order valence-electron chi connectivity index (χ1n) is 6.82. The molecule has 0 rings (SSSR count). The van der Waals surface area contributed by atoms with Crippen LogP contribution in [0.15, 0.2) is 0 Å². The number of hydrogen-bond donors (Lipinski definition) is 2. The Hall–Kier alpha value is -0.820. The lowest BCUT2D eigenvalue weighted by Gasteiger charge is -2.38. The molecule has 0 radical (unpaired) electrons. The molecule has 6 nitrogen and oxygen atoms in total. The lowest BCUT2D eigenvalue weighted by molar-refractivity contribution is -0.845. The SMILES string of the molecule is CC(C)(C)OC(N)=O.CC[N+](C(C)C)(C(C)C)[SH](=O)=O. The van der Waals surface area contributed by atoms with Crippen LogP contribution in [0, 0.1) is 0 Å². The molecule has 0 saturated carbocycles. The van der Waals surface area contributed by atoms with Crippen LogP contribution in [0.25, 0.3) is 0 Å². The Morgan fingerprint density at radius 1 is 1.15 bits per heavy atom. The van der Waals surface area contributed by atoms with Gasteiger partial charge >= 0.3 is 6.09 Å². The third kappa shape index (κ3) is 7.09. The van der Waals surface area contributed by atoms with E-state index >= 15 is 0 Å². The third-order valence-electron chi connectivity index (χ3n) is 3.01. The van der Waals surface area contributed by atoms with E-state index in [0.29, 0.717) is 6.54 Å². The molecule has 0 saturated heterocycles. The number of ether oxygens (including phenoxy) is 1. The van der Waals surface area contributed by atoms with Crippen LogP contribution in [-0.4, -0.2) is 42.6 Å². The monoisotopic (exact) mass is 311 g/mol. The first-order chi connectivity index (χ1) is 8.81. The summed E-state index contributed by atoms with van der Waals surface area (Å²) in [4.78, 5) is 10.0. The zero-order chi connectivity index (χ0) is 16.7. The first-order valence-corrected chi connectivity index (χ1v) is 7.95. The lowest BCUT2D eigenvalue weighted by Crippen LogP contribution is -2.56. The van der Waals surface area contributed by atoms with Crippen molar-refractivity contribution >= 4 is 17.0 Å². The molecule has 0 aromatic heterocycles. The van der Waals surface area contributed by atoms with Crippen molar-refractivity contribution in [1.82, 2.24) is 0 Å². The molecule has 0 aliphatic carbocycles. The molecule has 0 spiro atoms. The molecular weight excluding hydrogens is 280 g/mol. The van der Waals surface area contributed by atoms with E-state index in [9.17, 15) is 13.2 Å². The van der Waals surface area contributed by atoms with E-state index in [0.717, 1.165) is 0 Å². The number of carbonyl (C=O) groups is 1. The molecule has 1 amide bonds. The van der Waals surface area contributed by atoms with Crippen molar-refractivity contribution in [3.05, 3.63) is 0 Å². The van der Waals surface area contributed by atoms with Gasteiger partial charge in [0.25, 0.3) is 10.9 Å². The van der Waals surface area contributed by atoms with Crippen molar-refractivity contribution in [3.63, 3.8) is 0 Å². The van der Waals surface area contributed by atoms with Crippen LogP contribution < -0.4 is 5.73 Å². The molecule has 122 valence electrons. The van der Waals surface area contributed by atoms with E-state index in [1.165, 1.54) is 0 Å². The molecule has 0 heterocycles. The number of thiol groups is 1. The number of carbonyl (C=O) groups excluding carboxylic acids is 1. The van der Waals surface area contributed by atoms with Gasteiger partial charge in [0.2, 0.25) is 0 Å². The fourth-order valence-corrected chi connectivity index (χ4v) is 3.11. The summed E-state index contributed by atoms with van der Waals surface area (Å²) in [5.41, 5.74) is 4.26. The van der Waals surface area contributed by atoms with Crippen LogP contribution in [0.4, 0.5) is 4.79 Å². The highest BCUT2D eigenvalue weighted by molar-refractivity contribution is 7.66. The molecule has 0 atom stereocenters. The number of hydrogen-bond acceptors (Lipinski definition) is 4. The minimum Gasteiger partial charge on any atom is -0.444 e. The molecule has 2 N–H and O–H groups in total. The van der Waals surface area contributed by atoms with Crippen molar-refractivity contribution < 1.29 is 21.8 Å². The second kappa shape index (κ2) is 8.46. The number of rotatable bonds is 4. The zero-order valence-corrected chi connectivity index (χ0v) is 14.9. The summed E-state index contributed by atoms with van der Waals surface area (Å²) in [6.07, 6.45) is -0.725. The molecule has 20 heavy (non-hydrogen) atoms. The lowest BCUT2D eigenvalue weighted by atomic mass is 10.2. The first kappa shape index (κ1) is 21.5. The average molecular weight is 311 g/mol. The Morgan fingerprint density at radius 3 is 1.50 bits per heavy atom. The highest BCUT2D eigenvalue weighted by Gasteiger charge is 2.36. The standard InChI is InChI=1S/C8H20NO2S.C5H11NO2/c1-6-9(7(2)3,8(4)5)12(10)11;1-5(2,3)8-4(6)7/h7-8,12H,6H2,1-5H3;1-3H3,(H2,6,7)/q+1;. The van der Waals surface area contributed by atoms with Gasteiger partial charge in [0, 0.05) is 0 Å². The number of primary amides is 1. The summed E-state index contributed by atoms with van der Waals surface area (Å²) in [6, 6.07) is 0.271. The van der Waals surface area contributed by atoms with Gasteiger partial charge in [-0.3, -0.25) is 0 Å². The predicted octanol–water partition coefficient (Wildman–Crippen LogP) is 2.05. The average Bonchev–Trinajstić information content (AvgIpc) is 2.13. The van der Waals surface area contributed by atoms with E-state index in [4.69, 9.17) is 5.73 Å². The molecule has 0 fully saturated rings. The summed E-state index contributed by atoms with van der Waals surface area (Å²) in [7, 11) is -2.39. The summed E-state index contributed by atoms with van der Waals surface area (Å²) < 4.78 is 27.1. The minimum atomic E-state index is -2.39. The van der Waals surface area contributed by atoms with Gasteiger partial charge in [-0.05, 0) is 55.4 Å². The molecule has 0 unspecified atom stereocenters. The third-order valence-corrected chi connectivity index (χ3v) is 4.82. The molecule has 0 aliphatic heterocycles. The van der Waals surface area contributed by atoms with Crippen molar-refractivity contribution in [2.75, 3.05) is 6.54 Å². The largest absolute Gasteiger partial charge is 0.444 e. The highest BCUT2D eigenvalue weighted by atomic mass is 32.2. The van der Waals surface area contributed by atoms with E-state index < -0.39 is 22.6 Å². The molecule has 0 aromatic rings. The topological polar surface area (TPSA) is 86.5 Å². The summed E-state index contributed by atoms with van der Waals surface area (Å²) in [5.74, 6) is 0. The quantitative estimate of drug-likeness (QED) is 0.614. The van der Waals surface area contributed by atoms with Crippen LogP contribution >= 0.6 is 0 Å². The predicted molar refractivity (Wildman–Crippen MR) is 81.8 cm³/mol. The van der Waals surface area contributed by atoms with Gasteiger partial charge in [0.1, 0.15) is 5.60 Å². The highest BCUT2D eigenvalue weighted by Crippen LogP contribution is 2.18. The van der Waals surface area contributed by atoms with Crippen LogP contribution in [0.3, 0.4) is 0 Å². The Labute approximate surface area is 125 Å². The molecule has 0 aliphatic rings.